The molecule has 1 heterocycles. The molecule has 0 amide bonds. The first-order valence-corrected chi connectivity index (χ1v) is 8.58. The maximum absolute atomic E-state index is 15.4. The Hall–Kier alpha value is -1.96. The van der Waals surface area contributed by atoms with Crippen LogP contribution in [0.1, 0.15) is 31.4 Å². The van der Waals surface area contributed by atoms with Gasteiger partial charge >= 0.3 is 0 Å². The molecular formula is C20H21F4NO2. The van der Waals surface area contributed by atoms with E-state index in [9.17, 15) is 13.9 Å². The number of ether oxygens (including phenoxy) is 1. The van der Waals surface area contributed by atoms with Crippen LogP contribution < -0.4 is 5.73 Å². The van der Waals surface area contributed by atoms with Crippen molar-refractivity contribution in [3.8, 4) is 11.1 Å². The molecule has 146 valence electrons. The highest BCUT2D eigenvalue weighted by Crippen LogP contribution is 2.43. The molecular weight excluding hydrogens is 362 g/mol. The highest BCUT2D eigenvalue weighted by Gasteiger charge is 2.45. The Morgan fingerprint density at radius 3 is 2.30 bits per heavy atom. The predicted octanol–water partition coefficient (Wildman–Crippen LogP) is 3.91. The van der Waals surface area contributed by atoms with Crippen LogP contribution in [0.5, 0.6) is 0 Å². The van der Waals surface area contributed by atoms with Crippen molar-refractivity contribution >= 4 is 0 Å². The number of aliphatic hydroxyl groups is 1. The molecule has 27 heavy (non-hydrogen) atoms. The molecule has 0 aliphatic carbocycles. The average Bonchev–Trinajstić information content (AvgIpc) is 2.98. The topological polar surface area (TPSA) is 55.5 Å². The van der Waals surface area contributed by atoms with E-state index in [1.54, 1.807) is 0 Å². The lowest BCUT2D eigenvalue weighted by Gasteiger charge is -2.31. The fourth-order valence-corrected chi connectivity index (χ4v) is 3.45. The van der Waals surface area contributed by atoms with Gasteiger partial charge in [0.25, 0.3) is 0 Å². The zero-order chi connectivity index (χ0) is 20.0. The summed E-state index contributed by atoms with van der Waals surface area (Å²) in [6.45, 7) is 2.23. The van der Waals surface area contributed by atoms with Gasteiger partial charge in [0.05, 0.1) is 17.8 Å². The summed E-state index contributed by atoms with van der Waals surface area (Å²) >= 11 is 0. The molecule has 1 fully saturated rings. The molecule has 3 rings (SSSR count). The molecule has 3 nitrogen and oxygen atoms in total. The largest absolute Gasteiger partial charge is 0.386 e. The lowest BCUT2D eigenvalue weighted by molar-refractivity contribution is 0.00307. The lowest BCUT2D eigenvalue weighted by atomic mass is 9.83. The highest BCUT2D eigenvalue weighted by molar-refractivity contribution is 5.68. The van der Waals surface area contributed by atoms with Gasteiger partial charge in [-0.25, -0.2) is 17.6 Å². The summed E-state index contributed by atoms with van der Waals surface area (Å²) in [5.74, 6) is -2.50. The molecule has 2 aromatic carbocycles. The van der Waals surface area contributed by atoms with Gasteiger partial charge in [-0.3, -0.25) is 0 Å². The summed E-state index contributed by atoms with van der Waals surface area (Å²) in [7, 11) is 0. The van der Waals surface area contributed by atoms with Crippen molar-refractivity contribution in [1.29, 1.82) is 0 Å². The van der Waals surface area contributed by atoms with Crippen molar-refractivity contribution < 1.29 is 27.4 Å². The Kier molecular flexibility index (Phi) is 5.05. The number of alkyl halides is 1. The van der Waals surface area contributed by atoms with Gasteiger partial charge in [0.2, 0.25) is 0 Å². The third kappa shape index (κ3) is 3.47. The zero-order valence-electron chi connectivity index (χ0n) is 15.0. The Labute approximate surface area is 154 Å². The minimum Gasteiger partial charge on any atom is -0.386 e. The summed E-state index contributed by atoms with van der Waals surface area (Å²) < 4.78 is 63.1. The van der Waals surface area contributed by atoms with E-state index in [0.717, 1.165) is 18.2 Å². The van der Waals surface area contributed by atoms with Crippen LogP contribution in [0.15, 0.2) is 30.3 Å². The zero-order valence-corrected chi connectivity index (χ0v) is 15.0. The second-order valence-electron chi connectivity index (χ2n) is 7.35. The normalized spacial score (nSPS) is 23.0. The molecule has 1 aliphatic rings. The van der Waals surface area contributed by atoms with E-state index in [1.165, 1.54) is 26.0 Å². The number of nitrogens with two attached hydrogens (primary N) is 1. The summed E-state index contributed by atoms with van der Waals surface area (Å²) in [5, 5.41) is 10.4. The molecule has 0 bridgehead atoms. The average molecular weight is 383 g/mol. The van der Waals surface area contributed by atoms with Crippen molar-refractivity contribution in [1.82, 2.24) is 0 Å². The van der Waals surface area contributed by atoms with Gasteiger partial charge in [-0.2, -0.15) is 0 Å². The fraction of sp³-hybridized carbons (Fsp3) is 0.400. The van der Waals surface area contributed by atoms with Crippen LogP contribution in [0.2, 0.25) is 0 Å². The van der Waals surface area contributed by atoms with Gasteiger partial charge in [0.1, 0.15) is 29.2 Å². The van der Waals surface area contributed by atoms with E-state index in [-0.39, 0.29) is 36.3 Å². The van der Waals surface area contributed by atoms with E-state index in [4.69, 9.17) is 10.5 Å². The van der Waals surface area contributed by atoms with Crippen LogP contribution >= 0.6 is 0 Å². The highest BCUT2D eigenvalue weighted by atomic mass is 19.1. The van der Waals surface area contributed by atoms with Crippen molar-refractivity contribution in [2.75, 3.05) is 13.2 Å². The molecule has 0 saturated carbocycles. The third-order valence-electron chi connectivity index (χ3n) is 4.90. The number of halogens is 4. The molecule has 1 aliphatic heterocycles. The quantitative estimate of drug-likeness (QED) is 0.787. The molecule has 0 spiro atoms. The van der Waals surface area contributed by atoms with E-state index >= 15 is 8.78 Å². The molecule has 2 atom stereocenters. The molecule has 0 radical (unpaired) electrons. The van der Waals surface area contributed by atoms with Gasteiger partial charge < -0.3 is 15.6 Å². The van der Waals surface area contributed by atoms with Crippen molar-refractivity contribution in [2.24, 2.45) is 5.73 Å². The summed E-state index contributed by atoms with van der Waals surface area (Å²) in [6, 6.07) is 5.76. The molecule has 1 saturated heterocycles. The first-order chi connectivity index (χ1) is 12.6. The number of hydrogen-bond donors (Lipinski definition) is 2. The van der Waals surface area contributed by atoms with Crippen molar-refractivity contribution in [3.63, 3.8) is 0 Å². The van der Waals surface area contributed by atoms with Crippen LogP contribution in [-0.2, 0) is 15.9 Å². The van der Waals surface area contributed by atoms with Crippen molar-refractivity contribution in [3.05, 3.63) is 58.9 Å². The second kappa shape index (κ2) is 6.89. The summed E-state index contributed by atoms with van der Waals surface area (Å²) in [5.41, 5.74) is 2.00. The van der Waals surface area contributed by atoms with E-state index in [1.807, 2.05) is 0 Å². The minimum absolute atomic E-state index is 0.0840. The molecule has 7 heteroatoms. The maximum atomic E-state index is 15.4. The number of hydrogen-bond acceptors (Lipinski definition) is 3. The molecule has 3 N–H and O–H groups in total. The smallest absolute Gasteiger partial charge is 0.140 e. The fourth-order valence-electron chi connectivity index (χ4n) is 3.45. The van der Waals surface area contributed by atoms with Gasteiger partial charge in [0.15, 0.2) is 0 Å². The summed E-state index contributed by atoms with van der Waals surface area (Å²) in [4.78, 5) is 0. The maximum Gasteiger partial charge on any atom is 0.140 e. The Morgan fingerprint density at radius 2 is 1.81 bits per heavy atom. The number of benzene rings is 2. The first-order valence-electron chi connectivity index (χ1n) is 8.58. The predicted molar refractivity (Wildman–Crippen MR) is 93.2 cm³/mol. The summed E-state index contributed by atoms with van der Waals surface area (Å²) in [6.07, 6.45) is -1.52. The molecule has 0 aromatic heterocycles. The Balaban J connectivity index is 2.32. The van der Waals surface area contributed by atoms with Gasteiger partial charge in [-0.1, -0.05) is 12.1 Å². The second-order valence-corrected chi connectivity index (χ2v) is 7.35. The van der Waals surface area contributed by atoms with Crippen LogP contribution in [0.3, 0.4) is 0 Å². The van der Waals surface area contributed by atoms with Crippen LogP contribution in [-0.4, -0.2) is 24.4 Å². The SMILES string of the molecule is CC(C)(O)c1cc([C@@]2(CN)C[C@H](F)CO2)c(F)c(-c2ccc(F)cc2)c1F. The Bertz CT molecular complexity index is 849. The van der Waals surface area contributed by atoms with Gasteiger partial charge in [-0.05, 0) is 37.6 Å². The van der Waals surface area contributed by atoms with Crippen molar-refractivity contribution in [2.45, 2.75) is 37.6 Å². The number of rotatable bonds is 4. The minimum atomic E-state index is -1.65. The monoisotopic (exact) mass is 383 g/mol. The lowest BCUT2D eigenvalue weighted by Crippen LogP contribution is -2.36. The van der Waals surface area contributed by atoms with E-state index < -0.39 is 40.4 Å². The van der Waals surface area contributed by atoms with Gasteiger partial charge in [0, 0.05) is 24.1 Å². The van der Waals surface area contributed by atoms with Crippen LogP contribution in [0.25, 0.3) is 11.1 Å². The molecule has 2 aromatic rings. The first kappa shape index (κ1) is 19.8. The van der Waals surface area contributed by atoms with Crippen LogP contribution in [0.4, 0.5) is 17.6 Å². The molecule has 0 unspecified atom stereocenters. The van der Waals surface area contributed by atoms with Gasteiger partial charge in [-0.15, -0.1) is 0 Å². The Morgan fingerprint density at radius 1 is 1.19 bits per heavy atom. The third-order valence-corrected chi connectivity index (χ3v) is 4.90. The standard InChI is InChI=1S/C20H21F4NO2/c1-19(2,26)14-7-15(20(10-25)8-13(22)9-27-20)18(24)16(17(14)23)11-3-5-12(21)6-4-11/h3-7,13,26H,8-10,25H2,1-2H3/t13-,20-/m0/s1. The van der Waals surface area contributed by atoms with E-state index in [0.29, 0.717) is 0 Å². The van der Waals surface area contributed by atoms with E-state index in [2.05, 4.69) is 0 Å². The van der Waals surface area contributed by atoms with Crippen LogP contribution in [0, 0.1) is 17.5 Å².